The maximum Gasteiger partial charge on any atom is 0.189 e. The van der Waals surface area contributed by atoms with Gasteiger partial charge < -0.3 is 10.2 Å². The molecule has 5 heteroatoms. The molecule has 0 atom stereocenters. The van der Waals surface area contributed by atoms with Crippen LogP contribution in [0.4, 0.5) is 10.8 Å². The molecule has 92 valence electrons. The third-order valence-electron chi connectivity index (χ3n) is 2.55. The fourth-order valence-corrected chi connectivity index (χ4v) is 2.42. The Morgan fingerprint density at radius 2 is 2.33 bits per heavy atom. The van der Waals surface area contributed by atoms with E-state index in [2.05, 4.69) is 16.4 Å². The highest BCUT2D eigenvalue weighted by atomic mass is 32.1. The van der Waals surface area contributed by atoms with Gasteiger partial charge in [0.1, 0.15) is 0 Å². The van der Waals surface area contributed by atoms with Gasteiger partial charge in [-0.2, -0.15) is 5.26 Å². The molecule has 2 aromatic rings. The number of benzene rings is 1. The van der Waals surface area contributed by atoms with Crippen LogP contribution in [0.25, 0.3) is 0 Å². The molecule has 4 nitrogen and oxygen atoms in total. The van der Waals surface area contributed by atoms with Crippen molar-refractivity contribution in [2.45, 2.75) is 6.54 Å². The quantitative estimate of drug-likeness (QED) is 0.915. The lowest BCUT2D eigenvalue weighted by molar-refractivity contribution is 0.797. The molecule has 0 spiro atoms. The van der Waals surface area contributed by atoms with E-state index in [1.807, 2.05) is 42.6 Å². The van der Waals surface area contributed by atoms with Gasteiger partial charge in [-0.3, -0.25) is 0 Å². The second-order valence-electron chi connectivity index (χ2n) is 3.87. The summed E-state index contributed by atoms with van der Waals surface area (Å²) in [5.41, 5.74) is 2.66. The number of nitrogens with zero attached hydrogens (tertiary/aromatic N) is 3. The fraction of sp³-hybridized carbons (Fsp3) is 0.231. The van der Waals surface area contributed by atoms with Crippen LogP contribution in [-0.2, 0) is 6.54 Å². The summed E-state index contributed by atoms with van der Waals surface area (Å²) < 4.78 is 0. The van der Waals surface area contributed by atoms with Crippen molar-refractivity contribution >= 4 is 22.2 Å². The Balaban J connectivity index is 2.23. The molecule has 1 heterocycles. The van der Waals surface area contributed by atoms with Crippen LogP contribution in [0.1, 0.15) is 11.3 Å². The normalized spacial score (nSPS) is 10.1. The van der Waals surface area contributed by atoms with Gasteiger partial charge in [-0.1, -0.05) is 6.07 Å². The predicted octanol–water partition coefficient (Wildman–Crippen LogP) is 2.50. The van der Waals surface area contributed by atoms with Crippen LogP contribution in [0.5, 0.6) is 0 Å². The Morgan fingerprint density at radius 3 is 3.06 bits per heavy atom. The average molecular weight is 258 g/mol. The largest absolute Gasteiger partial charge is 0.321 e. The van der Waals surface area contributed by atoms with Crippen molar-refractivity contribution in [1.82, 2.24) is 10.3 Å². The van der Waals surface area contributed by atoms with Crippen LogP contribution in [0, 0.1) is 11.3 Å². The van der Waals surface area contributed by atoms with Gasteiger partial charge in [0.05, 0.1) is 17.3 Å². The highest BCUT2D eigenvalue weighted by Crippen LogP contribution is 2.27. The Hall–Kier alpha value is -1.90. The minimum atomic E-state index is 0.659. The van der Waals surface area contributed by atoms with Gasteiger partial charge in [0, 0.05) is 24.7 Å². The monoisotopic (exact) mass is 258 g/mol. The molecule has 0 bridgehead atoms. The number of anilines is 2. The number of hydrogen-bond donors (Lipinski definition) is 1. The van der Waals surface area contributed by atoms with Gasteiger partial charge in [-0.05, 0) is 25.2 Å². The van der Waals surface area contributed by atoms with E-state index < -0.39 is 0 Å². The molecule has 0 radical (unpaired) electrons. The lowest BCUT2D eigenvalue weighted by Gasteiger charge is -2.15. The molecule has 1 N–H and O–H groups in total. The number of nitrogens with one attached hydrogen (secondary N) is 1. The first-order valence-corrected chi connectivity index (χ1v) is 6.45. The smallest absolute Gasteiger partial charge is 0.189 e. The third-order valence-corrected chi connectivity index (χ3v) is 3.51. The number of rotatable bonds is 4. The number of hydrogen-bond acceptors (Lipinski definition) is 5. The van der Waals surface area contributed by atoms with E-state index in [1.54, 1.807) is 17.4 Å². The summed E-state index contributed by atoms with van der Waals surface area (Å²) in [7, 11) is 3.86. The first-order chi connectivity index (χ1) is 8.74. The van der Waals surface area contributed by atoms with Crippen molar-refractivity contribution < 1.29 is 0 Å². The maximum atomic E-state index is 8.90. The van der Waals surface area contributed by atoms with Gasteiger partial charge in [-0.25, -0.2) is 4.98 Å². The second kappa shape index (κ2) is 5.63. The van der Waals surface area contributed by atoms with E-state index >= 15 is 0 Å². The van der Waals surface area contributed by atoms with Crippen LogP contribution >= 0.6 is 11.3 Å². The third kappa shape index (κ3) is 2.67. The van der Waals surface area contributed by atoms with Gasteiger partial charge in [0.2, 0.25) is 0 Å². The zero-order valence-corrected chi connectivity index (χ0v) is 11.2. The predicted molar refractivity (Wildman–Crippen MR) is 74.1 cm³/mol. The fourth-order valence-electron chi connectivity index (χ4n) is 1.61. The molecule has 0 fully saturated rings. The summed E-state index contributed by atoms with van der Waals surface area (Å²) in [5.74, 6) is 0. The van der Waals surface area contributed by atoms with Crippen molar-refractivity contribution in [2.75, 3.05) is 19.0 Å². The van der Waals surface area contributed by atoms with E-state index in [-0.39, 0.29) is 0 Å². The Labute approximate surface area is 111 Å². The van der Waals surface area contributed by atoms with Crippen molar-refractivity contribution in [3.63, 3.8) is 0 Å². The van der Waals surface area contributed by atoms with Crippen LogP contribution in [0.15, 0.2) is 29.6 Å². The molecule has 0 saturated heterocycles. The lowest BCUT2D eigenvalue weighted by atomic mass is 10.2. The first-order valence-electron chi connectivity index (χ1n) is 5.57. The molecular formula is C13H14N4S. The number of thiazole rings is 1. The van der Waals surface area contributed by atoms with Crippen LogP contribution in [0.2, 0.25) is 0 Å². The SMILES string of the molecule is CNCc1csc(N(C)c2cccc(C#N)c2)n1. The Bertz CT molecular complexity index is 570. The molecular weight excluding hydrogens is 244 g/mol. The molecule has 0 aliphatic carbocycles. The van der Waals surface area contributed by atoms with E-state index in [0.29, 0.717) is 5.56 Å². The topological polar surface area (TPSA) is 52.0 Å². The summed E-state index contributed by atoms with van der Waals surface area (Å²) in [6.45, 7) is 0.766. The minimum Gasteiger partial charge on any atom is -0.321 e. The molecule has 0 aliphatic rings. The lowest BCUT2D eigenvalue weighted by Crippen LogP contribution is -2.10. The second-order valence-corrected chi connectivity index (χ2v) is 4.71. The van der Waals surface area contributed by atoms with Crippen molar-refractivity contribution in [3.05, 3.63) is 40.9 Å². The van der Waals surface area contributed by atoms with Crippen molar-refractivity contribution in [2.24, 2.45) is 0 Å². The molecule has 1 aromatic heterocycles. The van der Waals surface area contributed by atoms with Crippen molar-refractivity contribution in [1.29, 1.82) is 5.26 Å². The van der Waals surface area contributed by atoms with E-state index in [9.17, 15) is 0 Å². The molecule has 1 aromatic carbocycles. The van der Waals surface area contributed by atoms with Crippen LogP contribution in [-0.4, -0.2) is 19.1 Å². The molecule has 2 rings (SSSR count). The van der Waals surface area contributed by atoms with E-state index in [0.717, 1.165) is 23.1 Å². The Kier molecular flexibility index (Phi) is 3.92. The molecule has 18 heavy (non-hydrogen) atoms. The van der Waals surface area contributed by atoms with E-state index in [4.69, 9.17) is 5.26 Å². The van der Waals surface area contributed by atoms with Crippen molar-refractivity contribution in [3.8, 4) is 6.07 Å². The zero-order chi connectivity index (χ0) is 13.0. The van der Waals surface area contributed by atoms with Crippen LogP contribution < -0.4 is 10.2 Å². The highest BCUT2D eigenvalue weighted by molar-refractivity contribution is 7.13. The van der Waals surface area contributed by atoms with E-state index in [1.165, 1.54) is 0 Å². The summed E-state index contributed by atoms with van der Waals surface area (Å²) in [4.78, 5) is 6.52. The standard InChI is InChI=1S/C13H14N4S/c1-15-8-11-9-18-13(16-11)17(2)12-5-3-4-10(6-12)7-14/h3-6,9,15H,8H2,1-2H3. The highest BCUT2D eigenvalue weighted by Gasteiger charge is 2.09. The molecule has 0 aliphatic heterocycles. The first kappa shape index (κ1) is 12.6. The van der Waals surface area contributed by atoms with Gasteiger partial charge in [-0.15, -0.1) is 11.3 Å². The molecule has 0 amide bonds. The average Bonchev–Trinajstić information content (AvgIpc) is 2.87. The number of nitriles is 1. The molecule has 0 unspecified atom stereocenters. The zero-order valence-electron chi connectivity index (χ0n) is 10.3. The Morgan fingerprint density at radius 1 is 1.50 bits per heavy atom. The number of aromatic nitrogens is 1. The van der Waals surface area contributed by atoms with Gasteiger partial charge in [0.25, 0.3) is 0 Å². The summed E-state index contributed by atoms with van der Waals surface area (Å²) in [5, 5.41) is 14.9. The maximum absolute atomic E-state index is 8.90. The van der Waals surface area contributed by atoms with Gasteiger partial charge >= 0.3 is 0 Å². The summed E-state index contributed by atoms with van der Waals surface area (Å²) in [6, 6.07) is 9.66. The van der Waals surface area contributed by atoms with Gasteiger partial charge in [0.15, 0.2) is 5.13 Å². The minimum absolute atomic E-state index is 0.659. The summed E-state index contributed by atoms with van der Waals surface area (Å²) >= 11 is 1.60. The molecule has 0 saturated carbocycles. The summed E-state index contributed by atoms with van der Waals surface area (Å²) in [6.07, 6.45) is 0. The van der Waals surface area contributed by atoms with Crippen LogP contribution in [0.3, 0.4) is 0 Å².